The minimum absolute atomic E-state index is 0.0274. The van der Waals surface area contributed by atoms with Crippen LogP contribution in [-0.4, -0.2) is 20.6 Å². The van der Waals surface area contributed by atoms with E-state index in [0.717, 1.165) is 16.0 Å². The average Bonchev–Trinajstić information content (AvgIpc) is 2.75. The minimum Gasteiger partial charge on any atom is -0.459 e. The fourth-order valence-corrected chi connectivity index (χ4v) is 3.57. The molecule has 1 atom stereocenters. The van der Waals surface area contributed by atoms with Gasteiger partial charge in [-0.05, 0) is 43.7 Å². The van der Waals surface area contributed by atoms with Gasteiger partial charge in [0.25, 0.3) is 0 Å². The second-order valence-corrected chi connectivity index (χ2v) is 9.07. The Kier molecular flexibility index (Phi) is 9.26. The molecule has 3 rings (SSSR count). The summed E-state index contributed by atoms with van der Waals surface area (Å²) in [6, 6.07) is 23.3. The SMILES string of the molecule is Cc1ccc(S(=O)(=O)NC(N)C(=O)OCc2ccccc2)cc1.Cc1ccc(S)cc1. The standard InChI is InChI=1S/C16H18N2O4S.C7H8S/c1-12-7-9-14(10-8-12)23(20,21)18-15(17)16(19)22-11-13-5-3-2-4-6-13;1-6-2-4-7(8)5-3-6/h2-10,15,18H,11,17H2,1H3;2-5,8H,1H3. The molecule has 0 saturated heterocycles. The molecule has 0 aliphatic carbocycles. The summed E-state index contributed by atoms with van der Waals surface area (Å²) in [5, 5.41) is 0. The summed E-state index contributed by atoms with van der Waals surface area (Å²) < 4.78 is 31.4. The van der Waals surface area contributed by atoms with Gasteiger partial charge in [-0.3, -0.25) is 0 Å². The number of esters is 1. The molecule has 3 N–H and O–H groups in total. The number of sulfonamides is 1. The summed E-state index contributed by atoms with van der Waals surface area (Å²) in [6.07, 6.45) is -1.47. The van der Waals surface area contributed by atoms with Crippen LogP contribution in [0.2, 0.25) is 0 Å². The van der Waals surface area contributed by atoms with E-state index in [1.54, 1.807) is 24.3 Å². The number of benzene rings is 3. The molecule has 8 heteroatoms. The van der Waals surface area contributed by atoms with Gasteiger partial charge in [0, 0.05) is 4.90 Å². The maximum Gasteiger partial charge on any atom is 0.339 e. The number of carbonyl (C=O) groups excluding carboxylic acids is 1. The zero-order valence-electron chi connectivity index (χ0n) is 17.4. The van der Waals surface area contributed by atoms with Crippen molar-refractivity contribution in [2.45, 2.75) is 36.4 Å². The highest BCUT2D eigenvalue weighted by Crippen LogP contribution is 2.10. The monoisotopic (exact) mass is 458 g/mol. The molecule has 1 unspecified atom stereocenters. The van der Waals surface area contributed by atoms with E-state index in [1.807, 2.05) is 49.4 Å². The first-order chi connectivity index (χ1) is 14.7. The van der Waals surface area contributed by atoms with Crippen molar-refractivity contribution in [3.8, 4) is 0 Å². The van der Waals surface area contributed by atoms with Crippen LogP contribution in [0.25, 0.3) is 0 Å². The van der Waals surface area contributed by atoms with Gasteiger partial charge in [0.05, 0.1) is 4.90 Å². The molecule has 3 aromatic carbocycles. The maximum absolute atomic E-state index is 12.1. The van der Waals surface area contributed by atoms with E-state index < -0.39 is 22.2 Å². The Labute approximate surface area is 188 Å². The predicted molar refractivity (Wildman–Crippen MR) is 124 cm³/mol. The largest absolute Gasteiger partial charge is 0.459 e. The van der Waals surface area contributed by atoms with Gasteiger partial charge < -0.3 is 10.5 Å². The highest BCUT2D eigenvalue weighted by molar-refractivity contribution is 7.89. The third-order valence-electron chi connectivity index (χ3n) is 4.13. The molecule has 31 heavy (non-hydrogen) atoms. The average molecular weight is 459 g/mol. The van der Waals surface area contributed by atoms with Crippen molar-refractivity contribution in [1.82, 2.24) is 4.72 Å². The number of hydrogen-bond acceptors (Lipinski definition) is 6. The van der Waals surface area contributed by atoms with E-state index in [2.05, 4.69) is 24.3 Å². The topological polar surface area (TPSA) is 98.5 Å². The summed E-state index contributed by atoms with van der Waals surface area (Å²) in [5.41, 5.74) is 8.56. The Morgan fingerprint density at radius 3 is 1.97 bits per heavy atom. The molecular weight excluding hydrogens is 432 g/mol. The number of rotatable bonds is 6. The first-order valence-electron chi connectivity index (χ1n) is 9.48. The minimum atomic E-state index is -3.88. The van der Waals surface area contributed by atoms with Gasteiger partial charge in [0.15, 0.2) is 6.17 Å². The Morgan fingerprint density at radius 1 is 0.935 bits per heavy atom. The lowest BCUT2D eigenvalue weighted by Gasteiger charge is -2.14. The van der Waals surface area contributed by atoms with Crippen molar-refractivity contribution in [3.05, 3.63) is 95.6 Å². The van der Waals surface area contributed by atoms with Gasteiger partial charge in [-0.2, -0.15) is 4.72 Å². The van der Waals surface area contributed by atoms with E-state index in [9.17, 15) is 13.2 Å². The van der Waals surface area contributed by atoms with Crippen LogP contribution in [0.5, 0.6) is 0 Å². The smallest absolute Gasteiger partial charge is 0.339 e. The van der Waals surface area contributed by atoms with Crippen LogP contribution < -0.4 is 10.5 Å². The summed E-state index contributed by atoms with van der Waals surface area (Å²) in [5.74, 6) is -0.843. The zero-order chi connectivity index (χ0) is 22.9. The van der Waals surface area contributed by atoms with Crippen molar-refractivity contribution < 1.29 is 17.9 Å². The number of ether oxygens (including phenoxy) is 1. The number of carbonyl (C=O) groups is 1. The molecule has 0 aliphatic rings. The summed E-state index contributed by atoms with van der Waals surface area (Å²) in [4.78, 5) is 12.9. The van der Waals surface area contributed by atoms with Gasteiger partial charge in [0.1, 0.15) is 6.61 Å². The highest BCUT2D eigenvalue weighted by atomic mass is 32.2. The van der Waals surface area contributed by atoms with Crippen molar-refractivity contribution in [2.75, 3.05) is 0 Å². The van der Waals surface area contributed by atoms with Crippen LogP contribution >= 0.6 is 12.6 Å². The van der Waals surface area contributed by atoms with Gasteiger partial charge in [-0.15, -0.1) is 12.6 Å². The molecule has 0 heterocycles. The summed E-state index contributed by atoms with van der Waals surface area (Å²) >= 11 is 4.13. The molecule has 0 aromatic heterocycles. The van der Waals surface area contributed by atoms with Crippen LogP contribution in [0.3, 0.4) is 0 Å². The number of hydrogen-bond donors (Lipinski definition) is 3. The second kappa shape index (κ2) is 11.7. The molecule has 0 saturated carbocycles. The van der Waals surface area contributed by atoms with Crippen LogP contribution in [0, 0.1) is 13.8 Å². The molecule has 0 bridgehead atoms. The fraction of sp³-hybridized carbons (Fsp3) is 0.174. The lowest BCUT2D eigenvalue weighted by Crippen LogP contribution is -2.48. The molecule has 6 nitrogen and oxygen atoms in total. The first kappa shape index (κ1) is 24.6. The molecule has 164 valence electrons. The van der Waals surface area contributed by atoms with E-state index in [-0.39, 0.29) is 11.5 Å². The van der Waals surface area contributed by atoms with E-state index in [1.165, 1.54) is 17.7 Å². The quantitative estimate of drug-likeness (QED) is 0.298. The predicted octanol–water partition coefficient (Wildman–Crippen LogP) is 3.59. The lowest BCUT2D eigenvalue weighted by atomic mass is 10.2. The van der Waals surface area contributed by atoms with E-state index in [0.29, 0.717) is 0 Å². The normalized spacial score (nSPS) is 11.7. The Hall–Kier alpha value is -2.65. The number of nitrogens with one attached hydrogen (secondary N) is 1. The van der Waals surface area contributed by atoms with Crippen LogP contribution in [0.4, 0.5) is 0 Å². The van der Waals surface area contributed by atoms with Crippen LogP contribution in [0.1, 0.15) is 16.7 Å². The summed E-state index contributed by atoms with van der Waals surface area (Å²) in [7, 11) is -3.88. The first-order valence-corrected chi connectivity index (χ1v) is 11.4. The van der Waals surface area contributed by atoms with Gasteiger partial charge in [-0.25, -0.2) is 13.2 Å². The number of thiol groups is 1. The van der Waals surface area contributed by atoms with Gasteiger partial charge in [-0.1, -0.05) is 65.7 Å². The number of nitrogens with two attached hydrogens (primary N) is 1. The van der Waals surface area contributed by atoms with Crippen molar-refractivity contribution in [2.24, 2.45) is 5.73 Å². The maximum atomic E-state index is 12.1. The van der Waals surface area contributed by atoms with Crippen molar-refractivity contribution in [3.63, 3.8) is 0 Å². The Morgan fingerprint density at radius 2 is 1.45 bits per heavy atom. The van der Waals surface area contributed by atoms with E-state index in [4.69, 9.17) is 10.5 Å². The second-order valence-electron chi connectivity index (χ2n) is 6.84. The molecular formula is C23H26N2O4S2. The van der Waals surface area contributed by atoms with Crippen LogP contribution in [-0.2, 0) is 26.2 Å². The van der Waals surface area contributed by atoms with Crippen LogP contribution in [0.15, 0.2) is 88.7 Å². The van der Waals surface area contributed by atoms with Gasteiger partial charge >= 0.3 is 5.97 Å². The Balaban J connectivity index is 0.000000357. The Bertz CT molecular complexity index is 1050. The van der Waals surface area contributed by atoms with Gasteiger partial charge in [0.2, 0.25) is 10.0 Å². The highest BCUT2D eigenvalue weighted by Gasteiger charge is 2.23. The molecule has 0 radical (unpaired) electrons. The number of aryl methyl sites for hydroxylation is 2. The summed E-state index contributed by atoms with van der Waals surface area (Å²) in [6.45, 7) is 3.93. The van der Waals surface area contributed by atoms with E-state index >= 15 is 0 Å². The molecule has 0 spiro atoms. The van der Waals surface area contributed by atoms with Crippen molar-refractivity contribution >= 4 is 28.6 Å². The molecule has 0 fully saturated rings. The molecule has 0 amide bonds. The molecule has 3 aromatic rings. The lowest BCUT2D eigenvalue weighted by molar-refractivity contribution is -0.146. The molecule has 0 aliphatic heterocycles. The zero-order valence-corrected chi connectivity index (χ0v) is 19.1. The third kappa shape index (κ3) is 8.55. The fourth-order valence-electron chi connectivity index (χ4n) is 2.36. The third-order valence-corrected chi connectivity index (χ3v) is 5.88. The van der Waals surface area contributed by atoms with Crippen molar-refractivity contribution in [1.29, 1.82) is 0 Å².